The van der Waals surface area contributed by atoms with Crippen LogP contribution in [0.3, 0.4) is 0 Å². The lowest BCUT2D eigenvalue weighted by Gasteiger charge is -2.27. The fraction of sp³-hybridized carbons (Fsp3) is 0.346. The van der Waals surface area contributed by atoms with E-state index < -0.39 is 5.97 Å². The van der Waals surface area contributed by atoms with Gasteiger partial charge in [-0.1, -0.05) is 12.1 Å². The molecule has 174 valence electrons. The molecule has 2 aromatic heterocycles. The van der Waals surface area contributed by atoms with Crippen LogP contribution in [-0.4, -0.2) is 39.5 Å². The molecule has 0 radical (unpaired) electrons. The number of ether oxygens (including phenoxy) is 1. The molecule has 3 aromatic rings. The fourth-order valence-electron chi connectivity index (χ4n) is 3.45. The van der Waals surface area contributed by atoms with Gasteiger partial charge in [-0.05, 0) is 69.5 Å². The summed E-state index contributed by atoms with van der Waals surface area (Å²) in [6, 6.07) is 14.7. The Morgan fingerprint density at radius 3 is 2.52 bits per heavy atom. The molecule has 2 heterocycles. The minimum Gasteiger partial charge on any atom is -0.492 e. The molecule has 3 rings (SSSR count). The molecule has 0 aliphatic heterocycles. The molecule has 0 saturated carbocycles. The normalized spacial score (nSPS) is 10.9. The first-order valence-corrected chi connectivity index (χ1v) is 11.2. The maximum atomic E-state index is 13.3. The SMILES string of the molecule is CC(C)N(Cc1ncccc1OCCCCCC(=O)O)C(=O)c1ccc(-c2ccco2)cc1. The molecule has 0 atom stereocenters. The standard InChI is InChI=1S/C26H30N2O5/c1-19(2)28(26(31)21-13-11-20(12-14-21)23-9-7-17-32-23)18-22-24(8-6-15-27-22)33-16-5-3-4-10-25(29)30/h6-9,11-15,17,19H,3-5,10,16,18H2,1-2H3,(H,29,30). The topological polar surface area (TPSA) is 92.9 Å². The smallest absolute Gasteiger partial charge is 0.303 e. The number of amides is 1. The van der Waals surface area contributed by atoms with Gasteiger partial charge >= 0.3 is 5.97 Å². The van der Waals surface area contributed by atoms with Crippen LogP contribution in [0.4, 0.5) is 0 Å². The van der Waals surface area contributed by atoms with E-state index in [2.05, 4.69) is 4.98 Å². The van der Waals surface area contributed by atoms with Gasteiger partial charge in [0.25, 0.3) is 5.91 Å². The van der Waals surface area contributed by atoms with E-state index in [0.29, 0.717) is 36.6 Å². The molecule has 0 unspecified atom stereocenters. The summed E-state index contributed by atoms with van der Waals surface area (Å²) < 4.78 is 11.3. The third kappa shape index (κ3) is 6.94. The highest BCUT2D eigenvalue weighted by molar-refractivity contribution is 5.94. The highest BCUT2D eigenvalue weighted by atomic mass is 16.5. The summed E-state index contributed by atoms with van der Waals surface area (Å²) in [5.74, 6) is 0.538. The van der Waals surface area contributed by atoms with Crippen molar-refractivity contribution < 1.29 is 23.8 Å². The molecule has 0 aliphatic rings. The fourth-order valence-corrected chi connectivity index (χ4v) is 3.45. The lowest BCUT2D eigenvalue weighted by Crippen LogP contribution is -2.36. The summed E-state index contributed by atoms with van der Waals surface area (Å²) >= 11 is 0. The molecule has 0 bridgehead atoms. The minimum absolute atomic E-state index is 0.0341. The largest absolute Gasteiger partial charge is 0.492 e. The highest BCUT2D eigenvalue weighted by Crippen LogP contribution is 2.23. The van der Waals surface area contributed by atoms with Crippen LogP contribution in [0.2, 0.25) is 0 Å². The van der Waals surface area contributed by atoms with E-state index in [9.17, 15) is 9.59 Å². The molecule has 0 fully saturated rings. The Labute approximate surface area is 194 Å². The zero-order valence-corrected chi connectivity index (χ0v) is 19.1. The van der Waals surface area contributed by atoms with Gasteiger partial charge in [0.2, 0.25) is 0 Å². The lowest BCUT2D eigenvalue weighted by atomic mass is 10.1. The molecule has 33 heavy (non-hydrogen) atoms. The van der Waals surface area contributed by atoms with Crippen molar-refractivity contribution in [3.05, 3.63) is 72.2 Å². The van der Waals surface area contributed by atoms with E-state index in [4.69, 9.17) is 14.3 Å². The Balaban J connectivity index is 1.64. The van der Waals surface area contributed by atoms with Crippen molar-refractivity contribution in [2.24, 2.45) is 0 Å². The number of rotatable bonds is 12. The number of nitrogens with zero attached hydrogens (tertiary/aromatic N) is 2. The minimum atomic E-state index is -0.778. The van der Waals surface area contributed by atoms with Gasteiger partial charge < -0.3 is 19.2 Å². The Kier molecular flexibility index (Phi) is 8.63. The van der Waals surface area contributed by atoms with E-state index in [1.165, 1.54) is 0 Å². The van der Waals surface area contributed by atoms with Crippen LogP contribution < -0.4 is 4.74 Å². The number of hydrogen-bond acceptors (Lipinski definition) is 5. The molecule has 1 aromatic carbocycles. The van der Waals surface area contributed by atoms with Crippen molar-refractivity contribution in [1.82, 2.24) is 9.88 Å². The second-order valence-corrected chi connectivity index (χ2v) is 8.08. The average Bonchev–Trinajstić information content (AvgIpc) is 3.35. The van der Waals surface area contributed by atoms with Crippen molar-refractivity contribution in [1.29, 1.82) is 0 Å². The molecule has 0 spiro atoms. The summed E-state index contributed by atoms with van der Waals surface area (Å²) in [5.41, 5.74) is 2.20. The summed E-state index contributed by atoms with van der Waals surface area (Å²) in [7, 11) is 0. The van der Waals surface area contributed by atoms with Crippen molar-refractivity contribution in [3.63, 3.8) is 0 Å². The lowest BCUT2D eigenvalue weighted by molar-refractivity contribution is -0.137. The Hall–Kier alpha value is -3.61. The van der Waals surface area contributed by atoms with Crippen molar-refractivity contribution >= 4 is 11.9 Å². The van der Waals surface area contributed by atoms with Crippen LogP contribution in [0.15, 0.2) is 65.4 Å². The van der Waals surface area contributed by atoms with Gasteiger partial charge in [-0.3, -0.25) is 14.6 Å². The average molecular weight is 451 g/mol. The van der Waals surface area contributed by atoms with E-state index in [-0.39, 0.29) is 18.4 Å². The molecule has 0 aliphatic carbocycles. The number of aliphatic carboxylic acids is 1. The number of carboxylic acid groups (broad SMARTS) is 1. The van der Waals surface area contributed by atoms with E-state index >= 15 is 0 Å². The Bertz CT molecular complexity index is 1030. The first-order valence-electron chi connectivity index (χ1n) is 11.2. The zero-order valence-electron chi connectivity index (χ0n) is 19.1. The molecular weight excluding hydrogens is 420 g/mol. The summed E-state index contributed by atoms with van der Waals surface area (Å²) in [5, 5.41) is 8.72. The number of furan rings is 1. The molecule has 7 heteroatoms. The van der Waals surface area contributed by atoms with Gasteiger partial charge in [0.15, 0.2) is 0 Å². The number of carboxylic acids is 1. The van der Waals surface area contributed by atoms with Gasteiger partial charge in [0.05, 0.1) is 19.4 Å². The van der Waals surface area contributed by atoms with Crippen LogP contribution in [0.25, 0.3) is 11.3 Å². The molecule has 7 nitrogen and oxygen atoms in total. The van der Waals surface area contributed by atoms with E-state index in [0.717, 1.165) is 24.2 Å². The number of hydrogen-bond donors (Lipinski definition) is 1. The van der Waals surface area contributed by atoms with Crippen LogP contribution in [0.1, 0.15) is 55.6 Å². The summed E-state index contributed by atoms with van der Waals surface area (Å²) in [6.45, 7) is 4.75. The van der Waals surface area contributed by atoms with Gasteiger partial charge in [-0.2, -0.15) is 0 Å². The van der Waals surface area contributed by atoms with Crippen LogP contribution in [0.5, 0.6) is 5.75 Å². The molecule has 1 amide bonds. The van der Waals surface area contributed by atoms with E-state index in [1.807, 2.05) is 56.3 Å². The number of pyridine rings is 1. The molecular formula is C26H30N2O5. The highest BCUT2D eigenvalue weighted by Gasteiger charge is 2.21. The number of unbranched alkanes of at least 4 members (excludes halogenated alkanes) is 2. The third-order valence-corrected chi connectivity index (χ3v) is 5.28. The monoisotopic (exact) mass is 450 g/mol. The number of aromatic nitrogens is 1. The number of benzene rings is 1. The second-order valence-electron chi connectivity index (χ2n) is 8.08. The predicted molar refractivity (Wildman–Crippen MR) is 125 cm³/mol. The van der Waals surface area contributed by atoms with Crippen molar-refractivity contribution in [2.45, 2.75) is 52.1 Å². The quantitative estimate of drug-likeness (QED) is 0.371. The third-order valence-electron chi connectivity index (χ3n) is 5.28. The van der Waals surface area contributed by atoms with Gasteiger partial charge in [-0.25, -0.2) is 0 Å². The van der Waals surface area contributed by atoms with Gasteiger partial charge in [0, 0.05) is 29.8 Å². The summed E-state index contributed by atoms with van der Waals surface area (Å²) in [6.07, 6.45) is 5.66. The van der Waals surface area contributed by atoms with Gasteiger partial charge in [-0.15, -0.1) is 0 Å². The second kappa shape index (κ2) is 11.9. The summed E-state index contributed by atoms with van der Waals surface area (Å²) in [4.78, 5) is 30.1. The first-order chi connectivity index (χ1) is 16.0. The molecule has 0 saturated heterocycles. The number of carbonyl (C=O) groups is 2. The van der Waals surface area contributed by atoms with E-state index in [1.54, 1.807) is 23.4 Å². The van der Waals surface area contributed by atoms with Crippen LogP contribution in [0, 0.1) is 0 Å². The predicted octanol–water partition coefficient (Wildman–Crippen LogP) is 5.42. The Morgan fingerprint density at radius 2 is 1.85 bits per heavy atom. The maximum Gasteiger partial charge on any atom is 0.303 e. The maximum absolute atomic E-state index is 13.3. The van der Waals surface area contributed by atoms with Crippen molar-refractivity contribution in [2.75, 3.05) is 6.61 Å². The van der Waals surface area contributed by atoms with Crippen LogP contribution >= 0.6 is 0 Å². The van der Waals surface area contributed by atoms with Gasteiger partial charge in [0.1, 0.15) is 17.2 Å². The first kappa shape index (κ1) is 24.0. The van der Waals surface area contributed by atoms with Crippen molar-refractivity contribution in [3.8, 4) is 17.1 Å². The van der Waals surface area contributed by atoms with Crippen LogP contribution in [-0.2, 0) is 11.3 Å². The Morgan fingerprint density at radius 1 is 1.06 bits per heavy atom. The zero-order chi connectivity index (χ0) is 23.6. The molecule has 1 N–H and O–H groups in total. The number of carbonyl (C=O) groups excluding carboxylic acids is 1.